The van der Waals surface area contributed by atoms with E-state index < -0.39 is 0 Å². The number of hydrogen-bond donors (Lipinski definition) is 2. The summed E-state index contributed by atoms with van der Waals surface area (Å²) in [5.41, 5.74) is 1.73. The van der Waals surface area contributed by atoms with Crippen molar-refractivity contribution >= 4 is 32.7 Å². The SMILES string of the molecule is C[C@H]1CCCC[C@H]1NC(=O)c1c[nH]c2ccc(Br)cc12. The van der Waals surface area contributed by atoms with Crippen LogP contribution in [0.5, 0.6) is 0 Å². The third kappa shape index (κ3) is 2.62. The zero-order chi connectivity index (χ0) is 14.1. The summed E-state index contributed by atoms with van der Waals surface area (Å²) in [7, 11) is 0. The number of halogens is 1. The molecule has 1 amide bonds. The summed E-state index contributed by atoms with van der Waals surface area (Å²) in [6, 6.07) is 6.27. The molecule has 0 bridgehead atoms. The van der Waals surface area contributed by atoms with Crippen molar-refractivity contribution in [2.45, 2.75) is 38.6 Å². The molecule has 1 saturated carbocycles. The lowest BCUT2D eigenvalue weighted by molar-refractivity contribution is 0.0912. The van der Waals surface area contributed by atoms with Gasteiger partial charge in [0.15, 0.2) is 0 Å². The van der Waals surface area contributed by atoms with Crippen LogP contribution >= 0.6 is 15.9 Å². The second-order valence-electron chi connectivity index (χ2n) is 5.73. The highest BCUT2D eigenvalue weighted by molar-refractivity contribution is 9.10. The Balaban J connectivity index is 1.83. The van der Waals surface area contributed by atoms with E-state index in [1.165, 1.54) is 19.3 Å². The molecule has 1 aliphatic carbocycles. The molecule has 1 heterocycles. The van der Waals surface area contributed by atoms with Crippen molar-refractivity contribution < 1.29 is 4.79 Å². The van der Waals surface area contributed by atoms with Gasteiger partial charge in [-0.1, -0.05) is 35.7 Å². The minimum atomic E-state index is 0.0353. The molecular formula is C16H19BrN2O. The van der Waals surface area contributed by atoms with Crippen LogP contribution in [0.2, 0.25) is 0 Å². The van der Waals surface area contributed by atoms with Crippen LogP contribution in [0.3, 0.4) is 0 Å². The van der Waals surface area contributed by atoms with Gasteiger partial charge in [0.2, 0.25) is 0 Å². The summed E-state index contributed by atoms with van der Waals surface area (Å²) >= 11 is 3.46. The van der Waals surface area contributed by atoms with E-state index >= 15 is 0 Å². The fourth-order valence-electron chi connectivity index (χ4n) is 3.06. The molecule has 2 aromatic rings. The Kier molecular flexibility index (Phi) is 3.83. The van der Waals surface area contributed by atoms with Gasteiger partial charge in [0.05, 0.1) is 5.56 Å². The van der Waals surface area contributed by atoms with Crippen LogP contribution < -0.4 is 5.32 Å². The van der Waals surface area contributed by atoms with Crippen LogP contribution in [0.1, 0.15) is 43.0 Å². The van der Waals surface area contributed by atoms with Gasteiger partial charge >= 0.3 is 0 Å². The van der Waals surface area contributed by atoms with E-state index in [1.807, 2.05) is 18.2 Å². The van der Waals surface area contributed by atoms with E-state index in [1.54, 1.807) is 6.20 Å². The Labute approximate surface area is 127 Å². The van der Waals surface area contributed by atoms with E-state index in [0.29, 0.717) is 12.0 Å². The van der Waals surface area contributed by atoms with Crippen molar-refractivity contribution in [3.8, 4) is 0 Å². The first-order valence-electron chi connectivity index (χ1n) is 7.22. The fraction of sp³-hybridized carbons (Fsp3) is 0.438. The predicted molar refractivity (Wildman–Crippen MR) is 84.9 cm³/mol. The number of aromatic amines is 1. The summed E-state index contributed by atoms with van der Waals surface area (Å²) in [6.07, 6.45) is 6.62. The maximum atomic E-state index is 12.5. The molecule has 2 atom stereocenters. The van der Waals surface area contributed by atoms with Crippen molar-refractivity contribution in [1.82, 2.24) is 10.3 Å². The zero-order valence-electron chi connectivity index (χ0n) is 11.6. The first-order valence-corrected chi connectivity index (χ1v) is 8.02. The quantitative estimate of drug-likeness (QED) is 0.847. The third-order valence-corrected chi connectivity index (χ3v) is 4.81. The molecule has 3 nitrogen and oxygen atoms in total. The van der Waals surface area contributed by atoms with Gasteiger partial charge in [0.1, 0.15) is 0 Å². The number of fused-ring (bicyclic) bond motifs is 1. The van der Waals surface area contributed by atoms with Crippen molar-refractivity contribution in [2.75, 3.05) is 0 Å². The van der Waals surface area contributed by atoms with Crippen LogP contribution in [-0.4, -0.2) is 16.9 Å². The summed E-state index contributed by atoms with van der Waals surface area (Å²) in [6.45, 7) is 2.23. The number of H-pyrrole nitrogens is 1. The molecule has 0 aliphatic heterocycles. The molecule has 1 aliphatic rings. The zero-order valence-corrected chi connectivity index (χ0v) is 13.2. The Morgan fingerprint density at radius 3 is 2.95 bits per heavy atom. The number of benzene rings is 1. The number of carbonyl (C=O) groups excluding carboxylic acids is 1. The molecule has 0 saturated heterocycles. The molecule has 106 valence electrons. The first-order chi connectivity index (χ1) is 9.65. The van der Waals surface area contributed by atoms with E-state index in [-0.39, 0.29) is 5.91 Å². The standard InChI is InChI=1S/C16H19BrN2O/c1-10-4-2-3-5-14(10)19-16(20)13-9-18-15-7-6-11(17)8-12(13)15/h6-10,14,18H,2-5H2,1H3,(H,19,20)/t10-,14+/m0/s1. The molecular weight excluding hydrogens is 316 g/mol. The van der Waals surface area contributed by atoms with Gasteiger partial charge in [-0.05, 0) is 37.0 Å². The Bertz CT molecular complexity index is 634. The highest BCUT2D eigenvalue weighted by atomic mass is 79.9. The Morgan fingerprint density at radius 2 is 2.15 bits per heavy atom. The van der Waals surface area contributed by atoms with Gasteiger partial charge in [-0.25, -0.2) is 0 Å². The molecule has 1 aromatic heterocycles. The normalized spacial score (nSPS) is 22.9. The average molecular weight is 335 g/mol. The summed E-state index contributed by atoms with van der Waals surface area (Å²) in [5, 5.41) is 4.18. The molecule has 20 heavy (non-hydrogen) atoms. The average Bonchev–Trinajstić information content (AvgIpc) is 2.84. The van der Waals surface area contributed by atoms with Crippen LogP contribution in [0, 0.1) is 5.92 Å². The van der Waals surface area contributed by atoms with Gasteiger partial charge in [-0.15, -0.1) is 0 Å². The van der Waals surface area contributed by atoms with Gasteiger partial charge < -0.3 is 10.3 Å². The number of rotatable bonds is 2. The molecule has 2 N–H and O–H groups in total. The van der Waals surface area contributed by atoms with Crippen LogP contribution in [0.4, 0.5) is 0 Å². The maximum absolute atomic E-state index is 12.5. The molecule has 1 aromatic carbocycles. The smallest absolute Gasteiger partial charge is 0.253 e. The van der Waals surface area contributed by atoms with Crippen molar-refractivity contribution in [1.29, 1.82) is 0 Å². The van der Waals surface area contributed by atoms with Gasteiger partial charge in [-0.3, -0.25) is 4.79 Å². The van der Waals surface area contributed by atoms with E-state index in [4.69, 9.17) is 0 Å². The topological polar surface area (TPSA) is 44.9 Å². The van der Waals surface area contributed by atoms with Crippen molar-refractivity contribution in [3.05, 3.63) is 34.4 Å². The lowest BCUT2D eigenvalue weighted by atomic mass is 9.86. The molecule has 4 heteroatoms. The number of carbonyl (C=O) groups is 1. The lowest BCUT2D eigenvalue weighted by Crippen LogP contribution is -2.40. The monoisotopic (exact) mass is 334 g/mol. The molecule has 0 spiro atoms. The summed E-state index contributed by atoms with van der Waals surface area (Å²) in [4.78, 5) is 15.7. The van der Waals surface area contributed by atoms with Crippen molar-refractivity contribution in [3.63, 3.8) is 0 Å². The highest BCUT2D eigenvalue weighted by Gasteiger charge is 2.24. The molecule has 0 radical (unpaired) electrons. The molecule has 3 rings (SSSR count). The lowest BCUT2D eigenvalue weighted by Gasteiger charge is -2.29. The van der Waals surface area contributed by atoms with Gasteiger partial charge in [-0.2, -0.15) is 0 Å². The number of aromatic nitrogens is 1. The van der Waals surface area contributed by atoms with Crippen LogP contribution in [0.25, 0.3) is 10.9 Å². The number of hydrogen-bond acceptors (Lipinski definition) is 1. The molecule has 0 unspecified atom stereocenters. The predicted octanol–water partition coefficient (Wildman–Crippen LogP) is 4.24. The van der Waals surface area contributed by atoms with Crippen LogP contribution in [0.15, 0.2) is 28.9 Å². The van der Waals surface area contributed by atoms with Gasteiger partial charge in [0.25, 0.3) is 5.91 Å². The Morgan fingerprint density at radius 1 is 1.35 bits per heavy atom. The first kappa shape index (κ1) is 13.7. The van der Waals surface area contributed by atoms with Gasteiger partial charge in [0, 0.05) is 27.6 Å². The highest BCUT2D eigenvalue weighted by Crippen LogP contribution is 2.26. The second-order valence-corrected chi connectivity index (χ2v) is 6.65. The Hall–Kier alpha value is -1.29. The number of nitrogens with one attached hydrogen (secondary N) is 2. The van der Waals surface area contributed by atoms with Crippen molar-refractivity contribution in [2.24, 2.45) is 5.92 Å². The van der Waals surface area contributed by atoms with E-state index in [9.17, 15) is 4.79 Å². The fourth-order valence-corrected chi connectivity index (χ4v) is 3.42. The van der Waals surface area contributed by atoms with Crippen LogP contribution in [-0.2, 0) is 0 Å². The largest absolute Gasteiger partial charge is 0.360 e. The van der Waals surface area contributed by atoms with E-state index in [2.05, 4.69) is 33.2 Å². The number of amides is 1. The van der Waals surface area contributed by atoms with E-state index in [0.717, 1.165) is 27.4 Å². The minimum absolute atomic E-state index is 0.0353. The summed E-state index contributed by atoms with van der Waals surface area (Å²) < 4.78 is 0.990. The minimum Gasteiger partial charge on any atom is -0.360 e. The maximum Gasteiger partial charge on any atom is 0.253 e. The third-order valence-electron chi connectivity index (χ3n) is 4.32. The molecule has 1 fully saturated rings. The summed E-state index contributed by atoms with van der Waals surface area (Å²) in [5.74, 6) is 0.609. The second kappa shape index (κ2) is 5.60.